The summed E-state index contributed by atoms with van der Waals surface area (Å²) in [7, 11) is 3.06. The molecular weight excluding hydrogens is 284 g/mol. The van der Waals surface area contributed by atoms with Gasteiger partial charge in [0.05, 0.1) is 37.1 Å². The van der Waals surface area contributed by atoms with Gasteiger partial charge in [-0.2, -0.15) is 5.10 Å². The number of methoxy groups -OCH3 is 2. The average Bonchev–Trinajstić information content (AvgIpc) is 3.03. The third kappa shape index (κ3) is 2.44. The van der Waals surface area contributed by atoms with Gasteiger partial charge >= 0.3 is 0 Å². The summed E-state index contributed by atoms with van der Waals surface area (Å²) in [6, 6.07) is 6.73. The van der Waals surface area contributed by atoms with Crippen LogP contribution in [-0.4, -0.2) is 35.3 Å². The van der Waals surface area contributed by atoms with Crippen LogP contribution in [0.2, 0.25) is 0 Å². The number of pyridine rings is 1. The lowest BCUT2D eigenvalue weighted by molar-refractivity contribution is 0.102. The Morgan fingerprint density at radius 1 is 1.23 bits per heavy atom. The molecular formula is C15H14N4O3. The average molecular weight is 298 g/mol. The summed E-state index contributed by atoms with van der Waals surface area (Å²) in [6.07, 6.45) is 3.21. The van der Waals surface area contributed by atoms with Crippen LogP contribution in [0.4, 0.5) is 5.69 Å². The van der Waals surface area contributed by atoms with E-state index in [2.05, 4.69) is 20.5 Å². The monoisotopic (exact) mass is 298 g/mol. The van der Waals surface area contributed by atoms with Crippen LogP contribution in [-0.2, 0) is 0 Å². The summed E-state index contributed by atoms with van der Waals surface area (Å²) < 4.78 is 10.4. The number of ether oxygens (including phenoxy) is 2. The minimum atomic E-state index is -0.284. The number of carbonyl (C=O) groups is 1. The van der Waals surface area contributed by atoms with Crippen LogP contribution in [0.5, 0.6) is 11.5 Å². The van der Waals surface area contributed by atoms with Crippen molar-refractivity contribution in [3.05, 3.63) is 42.2 Å². The van der Waals surface area contributed by atoms with Gasteiger partial charge in [0.1, 0.15) is 11.5 Å². The van der Waals surface area contributed by atoms with Crippen molar-refractivity contribution in [2.45, 2.75) is 0 Å². The van der Waals surface area contributed by atoms with Gasteiger partial charge in [-0.15, -0.1) is 0 Å². The Bertz CT molecular complexity index is 829. The predicted octanol–water partition coefficient (Wildman–Crippen LogP) is 2.23. The van der Waals surface area contributed by atoms with Gasteiger partial charge in [-0.25, -0.2) is 4.98 Å². The molecule has 3 aromatic rings. The molecule has 0 atom stereocenters. The van der Waals surface area contributed by atoms with Gasteiger partial charge in [-0.05, 0) is 18.2 Å². The predicted molar refractivity (Wildman–Crippen MR) is 81.4 cm³/mol. The van der Waals surface area contributed by atoms with Gasteiger partial charge in [0.15, 0.2) is 5.65 Å². The number of benzene rings is 1. The van der Waals surface area contributed by atoms with Crippen LogP contribution < -0.4 is 14.8 Å². The quantitative estimate of drug-likeness (QED) is 0.771. The summed E-state index contributed by atoms with van der Waals surface area (Å²) in [5.74, 6) is 0.775. The van der Waals surface area contributed by atoms with E-state index in [1.165, 1.54) is 7.11 Å². The molecule has 2 N–H and O–H groups in total. The number of aromatic nitrogens is 3. The molecule has 2 heterocycles. The second kappa shape index (κ2) is 5.72. The first-order chi connectivity index (χ1) is 10.7. The number of hydrogen-bond donors (Lipinski definition) is 2. The van der Waals surface area contributed by atoms with Gasteiger partial charge in [0.25, 0.3) is 5.91 Å². The molecule has 1 aromatic carbocycles. The van der Waals surface area contributed by atoms with Gasteiger partial charge in [0.2, 0.25) is 0 Å². The molecule has 0 bridgehead atoms. The first kappa shape index (κ1) is 13.9. The molecule has 112 valence electrons. The van der Waals surface area contributed by atoms with Crippen molar-refractivity contribution in [1.29, 1.82) is 0 Å². The zero-order valence-corrected chi connectivity index (χ0v) is 12.1. The van der Waals surface area contributed by atoms with Crippen molar-refractivity contribution >= 4 is 22.6 Å². The minimum Gasteiger partial charge on any atom is -0.497 e. The normalized spacial score (nSPS) is 10.5. The highest BCUT2D eigenvalue weighted by Crippen LogP contribution is 2.26. The zero-order valence-electron chi connectivity index (χ0n) is 12.1. The number of hydrogen-bond acceptors (Lipinski definition) is 5. The first-order valence-corrected chi connectivity index (χ1v) is 6.54. The Labute approximate surface area is 126 Å². The van der Waals surface area contributed by atoms with Crippen LogP contribution in [0.1, 0.15) is 10.4 Å². The first-order valence-electron chi connectivity index (χ1n) is 6.54. The summed E-state index contributed by atoms with van der Waals surface area (Å²) in [5, 5.41) is 10.3. The molecule has 7 heteroatoms. The third-order valence-electron chi connectivity index (χ3n) is 3.26. The fraction of sp³-hybridized carbons (Fsp3) is 0.133. The fourth-order valence-corrected chi connectivity index (χ4v) is 2.14. The molecule has 0 spiro atoms. The van der Waals surface area contributed by atoms with Gasteiger partial charge in [-0.1, -0.05) is 0 Å². The highest BCUT2D eigenvalue weighted by molar-refractivity contribution is 6.09. The molecule has 1 amide bonds. The number of rotatable bonds is 4. The van der Waals surface area contributed by atoms with Gasteiger partial charge in [0, 0.05) is 12.3 Å². The molecule has 0 saturated heterocycles. The number of fused-ring (bicyclic) bond motifs is 1. The summed E-state index contributed by atoms with van der Waals surface area (Å²) in [6.45, 7) is 0. The molecule has 0 fully saturated rings. The number of nitrogens with zero attached hydrogens (tertiary/aromatic N) is 2. The van der Waals surface area contributed by atoms with E-state index in [4.69, 9.17) is 9.47 Å². The van der Waals surface area contributed by atoms with Crippen molar-refractivity contribution in [3.8, 4) is 11.5 Å². The molecule has 22 heavy (non-hydrogen) atoms. The molecule has 0 aliphatic rings. The van der Waals surface area contributed by atoms with Gasteiger partial charge < -0.3 is 14.8 Å². The summed E-state index contributed by atoms with van der Waals surface area (Å²) >= 11 is 0. The Hall–Kier alpha value is -3.09. The van der Waals surface area contributed by atoms with E-state index >= 15 is 0 Å². The third-order valence-corrected chi connectivity index (χ3v) is 3.26. The summed E-state index contributed by atoms with van der Waals surface area (Å²) in [5.41, 5.74) is 1.65. The molecule has 3 rings (SSSR count). The molecule has 0 saturated carbocycles. The maximum atomic E-state index is 12.5. The van der Waals surface area contributed by atoms with E-state index in [-0.39, 0.29) is 5.91 Å². The lowest BCUT2D eigenvalue weighted by atomic mass is 10.1. The van der Waals surface area contributed by atoms with Gasteiger partial charge in [-0.3, -0.25) is 9.89 Å². The van der Waals surface area contributed by atoms with Crippen molar-refractivity contribution < 1.29 is 14.3 Å². The number of carbonyl (C=O) groups excluding carboxylic acids is 1. The van der Waals surface area contributed by atoms with Crippen LogP contribution in [0, 0.1) is 0 Å². The number of H-pyrrole nitrogens is 1. The van der Waals surface area contributed by atoms with E-state index in [9.17, 15) is 4.79 Å². The van der Waals surface area contributed by atoms with Crippen LogP contribution in [0.25, 0.3) is 11.0 Å². The van der Waals surface area contributed by atoms with Crippen molar-refractivity contribution in [2.75, 3.05) is 19.5 Å². The van der Waals surface area contributed by atoms with Crippen LogP contribution in [0.3, 0.4) is 0 Å². The smallest absolute Gasteiger partial charge is 0.259 e. The molecule has 7 nitrogen and oxygen atoms in total. The Morgan fingerprint density at radius 3 is 2.86 bits per heavy atom. The van der Waals surface area contributed by atoms with E-state index < -0.39 is 0 Å². The second-order valence-electron chi connectivity index (χ2n) is 4.51. The summed E-state index contributed by atoms with van der Waals surface area (Å²) in [4.78, 5) is 16.6. The van der Waals surface area contributed by atoms with E-state index in [0.29, 0.717) is 28.4 Å². The van der Waals surface area contributed by atoms with E-state index in [0.717, 1.165) is 5.39 Å². The number of aromatic amines is 1. The number of anilines is 1. The Morgan fingerprint density at radius 2 is 2.09 bits per heavy atom. The highest BCUT2D eigenvalue weighted by Gasteiger charge is 2.15. The number of amides is 1. The maximum absolute atomic E-state index is 12.5. The minimum absolute atomic E-state index is 0.284. The maximum Gasteiger partial charge on any atom is 0.259 e. The highest BCUT2D eigenvalue weighted by atomic mass is 16.5. The topological polar surface area (TPSA) is 89.1 Å². The van der Waals surface area contributed by atoms with Crippen LogP contribution >= 0.6 is 0 Å². The van der Waals surface area contributed by atoms with Crippen molar-refractivity contribution in [2.24, 2.45) is 0 Å². The molecule has 0 aliphatic carbocycles. The molecule has 0 radical (unpaired) electrons. The van der Waals surface area contributed by atoms with E-state index in [1.54, 1.807) is 43.8 Å². The fourth-order valence-electron chi connectivity index (χ4n) is 2.14. The Balaban J connectivity index is 1.93. The lowest BCUT2D eigenvalue weighted by Crippen LogP contribution is -2.13. The van der Waals surface area contributed by atoms with Crippen molar-refractivity contribution in [1.82, 2.24) is 15.2 Å². The standard InChI is InChI=1S/C15H14N4O3/c1-21-9-3-4-10(13(7-9)22-2)15(20)18-12-5-6-16-14-11(12)8-17-19-14/h3-8H,1-2H3,(H2,16,17,18,19,20). The second-order valence-corrected chi connectivity index (χ2v) is 4.51. The molecule has 2 aromatic heterocycles. The SMILES string of the molecule is COc1ccc(C(=O)Nc2ccnc3[nH]ncc23)c(OC)c1. The lowest BCUT2D eigenvalue weighted by Gasteiger charge is -2.11. The molecule has 0 unspecified atom stereocenters. The largest absolute Gasteiger partial charge is 0.497 e. The van der Waals surface area contributed by atoms with E-state index in [1.807, 2.05) is 0 Å². The zero-order chi connectivity index (χ0) is 15.5. The molecule has 0 aliphatic heterocycles. The van der Waals surface area contributed by atoms with Crippen LogP contribution in [0.15, 0.2) is 36.7 Å². The Kier molecular flexibility index (Phi) is 3.61. The van der Waals surface area contributed by atoms with Crippen molar-refractivity contribution in [3.63, 3.8) is 0 Å². The number of nitrogens with one attached hydrogen (secondary N) is 2.